The fourth-order valence-electron chi connectivity index (χ4n) is 2.81. The molecule has 2 amide bonds. The van der Waals surface area contributed by atoms with Crippen LogP contribution in [0.5, 0.6) is 0 Å². The number of aromatic nitrogens is 1. The Morgan fingerprint density at radius 1 is 1.47 bits per heavy atom. The second kappa shape index (κ2) is 9.27. The molecule has 30 heavy (non-hydrogen) atoms. The summed E-state index contributed by atoms with van der Waals surface area (Å²) in [7, 11) is 0. The molecule has 11 heteroatoms. The Kier molecular flexibility index (Phi) is 6.52. The van der Waals surface area contributed by atoms with Gasteiger partial charge in [0.05, 0.1) is 30.7 Å². The minimum absolute atomic E-state index is 0.0355. The molecule has 0 spiro atoms. The molecule has 1 fully saturated rings. The van der Waals surface area contributed by atoms with Gasteiger partial charge in [0, 0.05) is 24.2 Å². The zero-order chi connectivity index (χ0) is 21.7. The number of hydrogen-bond acceptors (Lipinski definition) is 6. The molecule has 0 radical (unpaired) electrons. The molecular weight excluding hydrogens is 411 g/mol. The largest absolute Gasteiger partial charge is 0.442 e. The van der Waals surface area contributed by atoms with Crippen LogP contribution in [0.4, 0.5) is 14.9 Å². The summed E-state index contributed by atoms with van der Waals surface area (Å²) < 4.78 is 19.9. The Bertz CT molecular complexity index is 998. The molecule has 1 aliphatic rings. The van der Waals surface area contributed by atoms with Crippen molar-refractivity contribution in [1.82, 2.24) is 15.7 Å². The van der Waals surface area contributed by atoms with Crippen molar-refractivity contribution in [2.24, 2.45) is 10.8 Å². The third-order valence-corrected chi connectivity index (χ3v) is 4.28. The first-order chi connectivity index (χ1) is 14.3. The summed E-state index contributed by atoms with van der Waals surface area (Å²) in [6.07, 6.45) is 1.85. The number of carbonyl (C=O) groups is 2. The van der Waals surface area contributed by atoms with E-state index in [9.17, 15) is 14.0 Å². The normalized spacial score (nSPS) is 15.9. The van der Waals surface area contributed by atoms with Gasteiger partial charge in [-0.3, -0.25) is 20.1 Å². The first kappa shape index (κ1) is 21.1. The lowest BCUT2D eigenvalue weighted by Crippen LogP contribution is -2.33. The van der Waals surface area contributed by atoms with Crippen molar-refractivity contribution in [2.45, 2.75) is 13.0 Å². The minimum atomic E-state index is -0.589. The van der Waals surface area contributed by atoms with Gasteiger partial charge in [0.1, 0.15) is 11.9 Å². The number of cyclic esters (lactones) is 1. The Hall–Kier alpha value is -3.60. The van der Waals surface area contributed by atoms with Crippen molar-refractivity contribution < 1.29 is 18.7 Å². The average molecular weight is 430 g/mol. The predicted octanol–water partition coefficient (Wildman–Crippen LogP) is 1.52. The third-order valence-electron chi connectivity index (χ3n) is 4.19. The number of hydrazone groups is 1. The summed E-state index contributed by atoms with van der Waals surface area (Å²) in [6.45, 7) is 1.79. The fourth-order valence-corrected chi connectivity index (χ4v) is 2.86. The minimum Gasteiger partial charge on any atom is -0.442 e. The summed E-state index contributed by atoms with van der Waals surface area (Å²) in [5, 5.41) is 6.43. The maximum Gasteiger partial charge on any atom is 0.414 e. The molecular formula is C19H19FN6O3S. The van der Waals surface area contributed by atoms with Gasteiger partial charge in [-0.1, -0.05) is 6.07 Å². The summed E-state index contributed by atoms with van der Waals surface area (Å²) >= 11 is 4.64. The molecule has 1 aliphatic heterocycles. The number of halogens is 1. The number of benzene rings is 1. The van der Waals surface area contributed by atoms with Crippen LogP contribution in [-0.2, 0) is 9.53 Å². The fraction of sp³-hybridized carbons (Fsp3) is 0.211. The number of pyridine rings is 1. The third kappa shape index (κ3) is 5.26. The topological polar surface area (TPSA) is 122 Å². The highest BCUT2D eigenvalue weighted by Crippen LogP contribution is 2.28. The Balaban J connectivity index is 1.71. The van der Waals surface area contributed by atoms with Gasteiger partial charge < -0.3 is 15.8 Å². The van der Waals surface area contributed by atoms with Crippen LogP contribution in [0.15, 0.2) is 41.6 Å². The van der Waals surface area contributed by atoms with Crippen LogP contribution >= 0.6 is 12.2 Å². The number of ether oxygens (including phenoxy) is 1. The van der Waals surface area contributed by atoms with Crippen molar-refractivity contribution >= 4 is 41.2 Å². The summed E-state index contributed by atoms with van der Waals surface area (Å²) in [4.78, 5) is 28.6. The van der Waals surface area contributed by atoms with E-state index >= 15 is 0 Å². The first-order valence-corrected chi connectivity index (χ1v) is 9.31. The number of hydrogen-bond donors (Lipinski definition) is 3. The Morgan fingerprint density at radius 2 is 2.27 bits per heavy atom. The maximum atomic E-state index is 14.7. The standard InChI is InChI=1S/C19H19FN6O3S/c1-11(27)22-9-15-10-26(19(28)29-15)14-4-5-16(17(20)6-14)12-2-3-13(23-7-12)8-24-25-18(21)30/h2-8,15H,9-10H2,1H3,(H,22,27)(H3,21,25,30)/t15-/m0/s1. The zero-order valence-corrected chi connectivity index (χ0v) is 16.8. The van der Waals surface area contributed by atoms with Crippen molar-refractivity contribution in [3.8, 4) is 11.1 Å². The molecule has 4 N–H and O–H groups in total. The lowest BCUT2D eigenvalue weighted by molar-refractivity contribution is -0.119. The predicted molar refractivity (Wildman–Crippen MR) is 113 cm³/mol. The number of anilines is 1. The van der Waals surface area contributed by atoms with E-state index in [-0.39, 0.29) is 24.1 Å². The van der Waals surface area contributed by atoms with Crippen molar-refractivity contribution in [2.75, 3.05) is 18.0 Å². The summed E-state index contributed by atoms with van der Waals surface area (Å²) in [5.41, 5.74) is 9.48. The maximum absolute atomic E-state index is 14.7. The molecule has 0 aliphatic carbocycles. The lowest BCUT2D eigenvalue weighted by Gasteiger charge is -2.14. The molecule has 3 rings (SSSR count). The van der Waals surface area contributed by atoms with Crippen LogP contribution < -0.4 is 21.4 Å². The van der Waals surface area contributed by atoms with Gasteiger partial charge in [-0.05, 0) is 36.5 Å². The number of nitrogens with two attached hydrogens (primary N) is 1. The van der Waals surface area contributed by atoms with Gasteiger partial charge >= 0.3 is 6.09 Å². The quantitative estimate of drug-likeness (QED) is 0.361. The van der Waals surface area contributed by atoms with Crippen LogP contribution in [0.2, 0.25) is 0 Å². The number of nitrogens with one attached hydrogen (secondary N) is 2. The van der Waals surface area contributed by atoms with Crippen LogP contribution in [0, 0.1) is 5.82 Å². The smallest absolute Gasteiger partial charge is 0.414 e. The average Bonchev–Trinajstić information content (AvgIpc) is 3.07. The highest BCUT2D eigenvalue weighted by atomic mass is 32.1. The summed E-state index contributed by atoms with van der Waals surface area (Å²) in [5.74, 6) is -0.728. The van der Waals surface area contributed by atoms with E-state index in [4.69, 9.17) is 10.5 Å². The number of thiocarbonyl (C=S) groups is 1. The molecule has 2 heterocycles. The lowest BCUT2D eigenvalue weighted by atomic mass is 10.1. The van der Waals surface area contributed by atoms with Crippen LogP contribution in [0.1, 0.15) is 12.6 Å². The van der Waals surface area contributed by atoms with Crippen molar-refractivity contribution in [3.05, 3.63) is 48.0 Å². The summed E-state index contributed by atoms with van der Waals surface area (Å²) in [6, 6.07) is 7.82. The number of amides is 2. The molecule has 0 unspecified atom stereocenters. The second-order valence-electron chi connectivity index (χ2n) is 6.42. The van der Waals surface area contributed by atoms with E-state index < -0.39 is 18.0 Å². The van der Waals surface area contributed by atoms with E-state index in [1.54, 1.807) is 24.3 Å². The van der Waals surface area contributed by atoms with E-state index in [2.05, 4.69) is 33.0 Å². The first-order valence-electron chi connectivity index (χ1n) is 8.90. The zero-order valence-electron chi connectivity index (χ0n) is 16.0. The number of nitrogens with zero attached hydrogens (tertiary/aromatic N) is 3. The van der Waals surface area contributed by atoms with Crippen LogP contribution in [-0.4, -0.2) is 47.5 Å². The molecule has 1 aromatic carbocycles. The van der Waals surface area contributed by atoms with Crippen LogP contribution in [0.3, 0.4) is 0 Å². The van der Waals surface area contributed by atoms with Crippen LogP contribution in [0.25, 0.3) is 11.1 Å². The highest BCUT2D eigenvalue weighted by molar-refractivity contribution is 7.80. The van der Waals surface area contributed by atoms with Gasteiger partial charge in [0.25, 0.3) is 0 Å². The highest BCUT2D eigenvalue weighted by Gasteiger charge is 2.32. The van der Waals surface area contributed by atoms with Gasteiger partial charge in [0.15, 0.2) is 5.11 Å². The van der Waals surface area contributed by atoms with Gasteiger partial charge in [-0.25, -0.2) is 9.18 Å². The SMILES string of the molecule is CC(=O)NC[C@H]1CN(c2ccc(-c3ccc(C=NNC(N)=S)nc3)c(F)c2)C(=O)O1. The number of rotatable bonds is 6. The second-order valence-corrected chi connectivity index (χ2v) is 6.86. The molecule has 0 bridgehead atoms. The van der Waals surface area contributed by atoms with Gasteiger partial charge in [-0.15, -0.1) is 0 Å². The molecule has 9 nitrogen and oxygen atoms in total. The molecule has 1 atom stereocenters. The molecule has 1 aromatic heterocycles. The van der Waals surface area contributed by atoms with Gasteiger partial charge in [-0.2, -0.15) is 5.10 Å². The van der Waals surface area contributed by atoms with Crippen molar-refractivity contribution in [1.29, 1.82) is 0 Å². The molecule has 1 saturated heterocycles. The van der Waals surface area contributed by atoms with Crippen molar-refractivity contribution in [3.63, 3.8) is 0 Å². The van der Waals surface area contributed by atoms with E-state index in [1.165, 1.54) is 30.3 Å². The molecule has 2 aromatic rings. The van der Waals surface area contributed by atoms with E-state index in [0.717, 1.165) is 0 Å². The molecule has 0 saturated carbocycles. The Morgan fingerprint density at radius 3 is 2.90 bits per heavy atom. The van der Waals surface area contributed by atoms with E-state index in [0.29, 0.717) is 22.5 Å². The molecule has 156 valence electrons. The Labute approximate surface area is 177 Å². The van der Waals surface area contributed by atoms with E-state index in [1.807, 2.05) is 0 Å². The number of carbonyl (C=O) groups excluding carboxylic acids is 2. The van der Waals surface area contributed by atoms with Gasteiger partial charge in [0.2, 0.25) is 5.91 Å². The monoisotopic (exact) mass is 430 g/mol.